The number of carbonyl (C=O) groups excluding carboxylic acids is 1. The number of aryl methyl sites for hydroxylation is 1. The molecule has 1 aromatic rings. The van der Waals surface area contributed by atoms with Crippen molar-refractivity contribution < 1.29 is 14.1 Å². The molecular weight excluding hydrogens is 260 g/mol. The van der Waals surface area contributed by atoms with Gasteiger partial charge in [0.05, 0.1) is 6.04 Å². The van der Waals surface area contributed by atoms with Gasteiger partial charge in [-0.05, 0) is 17.5 Å². The van der Waals surface area contributed by atoms with Gasteiger partial charge in [-0.25, -0.2) is 0 Å². The number of carbonyl (C=O) groups is 1. The Labute approximate surface area is 118 Å². The van der Waals surface area contributed by atoms with E-state index >= 15 is 0 Å². The largest absolute Gasteiger partial charge is 0.375 e. The summed E-state index contributed by atoms with van der Waals surface area (Å²) in [5.41, 5.74) is 0. The van der Waals surface area contributed by atoms with E-state index in [0.29, 0.717) is 24.3 Å². The summed E-state index contributed by atoms with van der Waals surface area (Å²) in [7, 11) is 1.52. The van der Waals surface area contributed by atoms with Crippen LogP contribution in [0.2, 0.25) is 0 Å². The molecule has 2 rings (SSSR count). The highest BCUT2D eigenvalue weighted by molar-refractivity contribution is 5.77. The molecule has 1 aromatic heterocycles. The summed E-state index contributed by atoms with van der Waals surface area (Å²) in [6, 6.07) is 0.108. The van der Waals surface area contributed by atoms with Gasteiger partial charge in [0.25, 0.3) is 5.95 Å². The predicted molar refractivity (Wildman–Crippen MR) is 73.5 cm³/mol. The quantitative estimate of drug-likeness (QED) is 0.829. The molecule has 0 aliphatic carbocycles. The molecule has 20 heavy (non-hydrogen) atoms. The topological polar surface area (TPSA) is 80.5 Å². The monoisotopic (exact) mass is 282 g/mol. The fraction of sp³-hybridized carbons (Fsp3) is 0.769. The third-order valence-electron chi connectivity index (χ3n) is 3.52. The lowest BCUT2D eigenvalue weighted by molar-refractivity contribution is -0.125. The van der Waals surface area contributed by atoms with Gasteiger partial charge in [0, 0.05) is 27.1 Å². The number of hydrogen-bond donors (Lipinski definition) is 1. The lowest BCUT2D eigenvalue weighted by Crippen LogP contribution is -2.42. The van der Waals surface area contributed by atoms with Crippen LogP contribution in [0.5, 0.6) is 0 Å². The van der Waals surface area contributed by atoms with E-state index in [-0.39, 0.29) is 18.6 Å². The van der Waals surface area contributed by atoms with Crippen molar-refractivity contribution in [3.63, 3.8) is 0 Å². The van der Waals surface area contributed by atoms with Crippen LogP contribution in [0.25, 0.3) is 0 Å². The minimum Gasteiger partial charge on any atom is -0.375 e. The van der Waals surface area contributed by atoms with Crippen molar-refractivity contribution in [2.24, 2.45) is 5.92 Å². The van der Waals surface area contributed by atoms with Gasteiger partial charge in [-0.15, -0.1) is 0 Å². The van der Waals surface area contributed by atoms with E-state index in [4.69, 9.17) is 9.26 Å². The van der Waals surface area contributed by atoms with Crippen molar-refractivity contribution in [1.82, 2.24) is 15.5 Å². The fourth-order valence-corrected chi connectivity index (χ4v) is 2.66. The van der Waals surface area contributed by atoms with Gasteiger partial charge in [-0.2, -0.15) is 4.98 Å². The van der Waals surface area contributed by atoms with Crippen LogP contribution >= 0.6 is 0 Å². The molecule has 7 heteroatoms. The van der Waals surface area contributed by atoms with E-state index in [1.165, 1.54) is 7.11 Å². The second-order valence-electron chi connectivity index (χ2n) is 5.17. The first-order chi connectivity index (χ1) is 9.63. The highest BCUT2D eigenvalue weighted by atomic mass is 16.5. The Hall–Kier alpha value is -1.63. The van der Waals surface area contributed by atoms with E-state index in [1.807, 2.05) is 0 Å². The molecule has 1 amide bonds. The Morgan fingerprint density at radius 3 is 2.95 bits per heavy atom. The van der Waals surface area contributed by atoms with Crippen molar-refractivity contribution in [3.05, 3.63) is 5.89 Å². The maximum absolute atomic E-state index is 11.7. The number of nitrogens with zero attached hydrogens (tertiary/aromatic N) is 3. The van der Waals surface area contributed by atoms with Gasteiger partial charge >= 0.3 is 0 Å². The van der Waals surface area contributed by atoms with Gasteiger partial charge < -0.3 is 19.5 Å². The van der Waals surface area contributed by atoms with Crippen molar-refractivity contribution >= 4 is 11.9 Å². The Morgan fingerprint density at radius 1 is 1.55 bits per heavy atom. The highest BCUT2D eigenvalue weighted by Crippen LogP contribution is 2.25. The summed E-state index contributed by atoms with van der Waals surface area (Å²) < 4.78 is 9.88. The van der Waals surface area contributed by atoms with Crippen LogP contribution in [-0.2, 0) is 9.53 Å². The second-order valence-corrected chi connectivity index (χ2v) is 5.17. The summed E-state index contributed by atoms with van der Waals surface area (Å²) in [4.78, 5) is 18.0. The zero-order valence-electron chi connectivity index (χ0n) is 12.3. The van der Waals surface area contributed by atoms with Crippen LogP contribution in [0.3, 0.4) is 0 Å². The molecule has 112 valence electrons. The number of nitrogens with one attached hydrogen (secondary N) is 1. The molecule has 1 fully saturated rings. The summed E-state index contributed by atoms with van der Waals surface area (Å²) in [6.45, 7) is 5.56. The Bertz CT molecular complexity index is 449. The normalized spacial score (nSPS) is 22.2. The van der Waals surface area contributed by atoms with Gasteiger partial charge in [0.1, 0.15) is 6.61 Å². The molecule has 0 bridgehead atoms. The minimum absolute atomic E-state index is 0.0789. The number of anilines is 1. The third-order valence-corrected chi connectivity index (χ3v) is 3.52. The predicted octanol–water partition coefficient (Wildman–Crippen LogP) is 0.746. The maximum Gasteiger partial charge on any atom is 0.266 e. The molecule has 1 aliphatic heterocycles. The number of amides is 1. The smallest absolute Gasteiger partial charge is 0.266 e. The number of methoxy groups -OCH3 is 1. The number of aromatic nitrogens is 2. The lowest BCUT2D eigenvalue weighted by atomic mass is 9.98. The van der Waals surface area contributed by atoms with Gasteiger partial charge in [0.2, 0.25) is 11.8 Å². The molecule has 0 saturated carbocycles. The van der Waals surface area contributed by atoms with Crippen molar-refractivity contribution in [2.45, 2.75) is 32.7 Å². The molecule has 2 heterocycles. The molecule has 1 aliphatic rings. The van der Waals surface area contributed by atoms with E-state index in [0.717, 1.165) is 19.4 Å². The molecule has 2 atom stereocenters. The summed E-state index contributed by atoms with van der Waals surface area (Å²) in [6.07, 6.45) is 2.14. The first kappa shape index (κ1) is 14.8. The zero-order valence-corrected chi connectivity index (χ0v) is 12.3. The Kier molecular flexibility index (Phi) is 4.94. The molecular formula is C13H22N4O3. The van der Waals surface area contributed by atoms with Crippen LogP contribution in [0.4, 0.5) is 5.95 Å². The van der Waals surface area contributed by atoms with Crippen LogP contribution in [0.15, 0.2) is 4.52 Å². The zero-order chi connectivity index (χ0) is 14.5. The van der Waals surface area contributed by atoms with E-state index in [9.17, 15) is 4.79 Å². The van der Waals surface area contributed by atoms with Crippen LogP contribution in [0, 0.1) is 12.8 Å². The first-order valence-electron chi connectivity index (χ1n) is 6.97. The molecule has 0 unspecified atom stereocenters. The summed E-state index contributed by atoms with van der Waals surface area (Å²) in [5.74, 6) is 1.48. The van der Waals surface area contributed by atoms with E-state index in [1.54, 1.807) is 6.92 Å². The molecule has 0 spiro atoms. The molecule has 1 N–H and O–H groups in total. The lowest BCUT2D eigenvalue weighted by Gasteiger charge is -2.18. The molecule has 0 aromatic carbocycles. The van der Waals surface area contributed by atoms with Crippen molar-refractivity contribution in [1.29, 1.82) is 0 Å². The first-order valence-corrected chi connectivity index (χ1v) is 6.97. The highest BCUT2D eigenvalue weighted by Gasteiger charge is 2.34. The molecule has 1 saturated heterocycles. The van der Waals surface area contributed by atoms with Crippen LogP contribution < -0.4 is 10.2 Å². The third kappa shape index (κ3) is 3.47. The number of ether oxygens (including phenoxy) is 1. The standard InChI is InChI=1S/C13H22N4O3/c1-4-5-10-6-17(13-14-9(2)20-16-13)7-11(10)15-12(18)8-19-3/h10-11H,4-8H2,1-3H3,(H,15,18)/t10-,11-/m1/s1. The van der Waals surface area contributed by atoms with E-state index < -0.39 is 0 Å². The van der Waals surface area contributed by atoms with Gasteiger partial charge in [0.15, 0.2) is 0 Å². The van der Waals surface area contributed by atoms with E-state index in [2.05, 4.69) is 27.3 Å². The van der Waals surface area contributed by atoms with Crippen molar-refractivity contribution in [2.75, 3.05) is 31.7 Å². The molecule has 7 nitrogen and oxygen atoms in total. The average molecular weight is 282 g/mol. The number of hydrogen-bond acceptors (Lipinski definition) is 6. The van der Waals surface area contributed by atoms with Gasteiger partial charge in [-0.3, -0.25) is 4.79 Å². The second kappa shape index (κ2) is 6.69. The maximum atomic E-state index is 11.7. The fourth-order valence-electron chi connectivity index (χ4n) is 2.66. The van der Waals surface area contributed by atoms with Crippen LogP contribution in [0.1, 0.15) is 25.7 Å². The van der Waals surface area contributed by atoms with Gasteiger partial charge in [-0.1, -0.05) is 13.3 Å². The Balaban J connectivity index is 2.01. The SMILES string of the molecule is CCC[C@@H]1CN(c2noc(C)n2)C[C@H]1NC(=O)COC. The molecule has 0 radical (unpaired) electrons. The summed E-state index contributed by atoms with van der Waals surface area (Å²) in [5, 5.41) is 6.97. The summed E-state index contributed by atoms with van der Waals surface area (Å²) >= 11 is 0. The minimum atomic E-state index is -0.0789. The average Bonchev–Trinajstić information content (AvgIpc) is 2.98. The van der Waals surface area contributed by atoms with Crippen molar-refractivity contribution in [3.8, 4) is 0 Å². The Morgan fingerprint density at radius 2 is 2.35 bits per heavy atom. The number of rotatable bonds is 6. The van der Waals surface area contributed by atoms with Crippen LogP contribution in [-0.4, -0.2) is 48.9 Å².